The van der Waals surface area contributed by atoms with E-state index in [2.05, 4.69) is 16.0 Å². The third-order valence-corrected chi connectivity index (χ3v) is 4.29. The number of nitrogens with zero attached hydrogens (tertiary/aromatic N) is 4. The number of piperidine rings is 1. The van der Waals surface area contributed by atoms with E-state index in [9.17, 15) is 10.1 Å². The van der Waals surface area contributed by atoms with Gasteiger partial charge in [-0.1, -0.05) is 0 Å². The van der Waals surface area contributed by atoms with Gasteiger partial charge < -0.3 is 9.64 Å². The van der Waals surface area contributed by atoms with Crippen LogP contribution in [0, 0.1) is 28.4 Å². The van der Waals surface area contributed by atoms with Gasteiger partial charge in [0.2, 0.25) is 0 Å². The zero-order valence-electron chi connectivity index (χ0n) is 13.9. The fraction of sp³-hybridized carbons (Fsp3) is 0.333. The Labute approximate surface area is 145 Å². The first-order chi connectivity index (χ1) is 12.1. The summed E-state index contributed by atoms with van der Waals surface area (Å²) in [7, 11) is 0. The standard InChI is InChI=1S/C18H18N4O3/c1-13-17(22(23)24)6-7-18(20-13)21-10-8-16(9-11-21)25-15-4-2-14(12-19)3-5-15/h2-7,16H,8-11H2,1H3. The number of nitro groups is 1. The second-order valence-electron chi connectivity index (χ2n) is 5.97. The van der Waals surface area contributed by atoms with Crippen LogP contribution in [0.2, 0.25) is 0 Å². The van der Waals surface area contributed by atoms with E-state index in [0.717, 1.165) is 37.5 Å². The molecule has 1 aliphatic rings. The predicted molar refractivity (Wildman–Crippen MR) is 92.6 cm³/mol. The van der Waals surface area contributed by atoms with Gasteiger partial charge >= 0.3 is 0 Å². The second kappa shape index (κ2) is 7.18. The molecule has 0 amide bonds. The minimum absolute atomic E-state index is 0.0442. The highest BCUT2D eigenvalue weighted by atomic mass is 16.6. The molecular weight excluding hydrogens is 320 g/mol. The second-order valence-corrected chi connectivity index (χ2v) is 5.97. The lowest BCUT2D eigenvalue weighted by Gasteiger charge is -2.33. The predicted octanol–water partition coefficient (Wildman–Crippen LogP) is 3.22. The third kappa shape index (κ3) is 3.86. The van der Waals surface area contributed by atoms with Crippen molar-refractivity contribution in [2.75, 3.05) is 18.0 Å². The van der Waals surface area contributed by atoms with E-state index in [0.29, 0.717) is 11.3 Å². The number of ether oxygens (including phenoxy) is 1. The summed E-state index contributed by atoms with van der Waals surface area (Å²) in [5.41, 5.74) is 1.09. The molecular formula is C18H18N4O3. The average molecular weight is 338 g/mol. The van der Waals surface area contributed by atoms with Crippen LogP contribution in [0.1, 0.15) is 24.1 Å². The summed E-state index contributed by atoms with van der Waals surface area (Å²) >= 11 is 0. The lowest BCUT2D eigenvalue weighted by atomic mass is 10.1. The van der Waals surface area contributed by atoms with Gasteiger partial charge in [0.1, 0.15) is 23.4 Å². The molecule has 3 rings (SSSR count). The van der Waals surface area contributed by atoms with Crippen LogP contribution in [0.15, 0.2) is 36.4 Å². The number of hydrogen-bond acceptors (Lipinski definition) is 6. The number of aryl methyl sites for hydroxylation is 1. The maximum atomic E-state index is 10.9. The number of rotatable bonds is 4. The van der Waals surface area contributed by atoms with Crippen molar-refractivity contribution in [3.63, 3.8) is 0 Å². The number of aromatic nitrogens is 1. The van der Waals surface area contributed by atoms with Crippen molar-refractivity contribution < 1.29 is 9.66 Å². The Balaban J connectivity index is 1.59. The van der Waals surface area contributed by atoms with E-state index in [1.54, 1.807) is 25.1 Å². The van der Waals surface area contributed by atoms with Gasteiger partial charge in [0.25, 0.3) is 5.69 Å². The molecule has 0 bridgehead atoms. The highest BCUT2D eigenvalue weighted by Crippen LogP contribution is 2.25. The number of anilines is 1. The van der Waals surface area contributed by atoms with Crippen molar-refractivity contribution in [3.05, 3.63) is 57.8 Å². The molecule has 0 saturated carbocycles. The number of benzene rings is 1. The van der Waals surface area contributed by atoms with Crippen LogP contribution in [0.4, 0.5) is 11.5 Å². The molecule has 1 saturated heterocycles. The first-order valence-corrected chi connectivity index (χ1v) is 8.10. The summed E-state index contributed by atoms with van der Waals surface area (Å²) in [6.45, 7) is 3.22. The van der Waals surface area contributed by atoms with Crippen molar-refractivity contribution >= 4 is 11.5 Å². The molecule has 1 aliphatic heterocycles. The first kappa shape index (κ1) is 16.7. The fourth-order valence-corrected chi connectivity index (χ4v) is 2.91. The molecule has 1 aromatic carbocycles. The van der Waals surface area contributed by atoms with Crippen molar-refractivity contribution in [1.29, 1.82) is 5.26 Å². The van der Waals surface area contributed by atoms with Crippen molar-refractivity contribution in [1.82, 2.24) is 4.98 Å². The Kier molecular flexibility index (Phi) is 4.80. The van der Waals surface area contributed by atoms with Crippen LogP contribution in [0.5, 0.6) is 5.75 Å². The van der Waals surface area contributed by atoms with Gasteiger partial charge in [-0.25, -0.2) is 4.98 Å². The van der Waals surface area contributed by atoms with E-state index in [4.69, 9.17) is 10.00 Å². The van der Waals surface area contributed by atoms with Gasteiger partial charge in [-0.05, 0) is 37.3 Å². The SMILES string of the molecule is Cc1nc(N2CCC(Oc3ccc(C#N)cc3)CC2)ccc1[N+](=O)[O-]. The molecule has 25 heavy (non-hydrogen) atoms. The zero-order valence-corrected chi connectivity index (χ0v) is 13.9. The lowest BCUT2D eigenvalue weighted by Crippen LogP contribution is -2.38. The minimum atomic E-state index is -0.413. The van der Waals surface area contributed by atoms with Crippen molar-refractivity contribution in [2.24, 2.45) is 0 Å². The monoisotopic (exact) mass is 338 g/mol. The molecule has 0 spiro atoms. The molecule has 0 radical (unpaired) electrons. The molecule has 1 fully saturated rings. The van der Waals surface area contributed by atoms with E-state index < -0.39 is 4.92 Å². The zero-order chi connectivity index (χ0) is 17.8. The maximum absolute atomic E-state index is 10.9. The van der Waals surface area contributed by atoms with Gasteiger partial charge in [0.05, 0.1) is 16.6 Å². The number of pyridine rings is 1. The molecule has 0 aliphatic carbocycles. The largest absolute Gasteiger partial charge is 0.490 e. The summed E-state index contributed by atoms with van der Waals surface area (Å²) in [6, 6.07) is 12.4. The molecule has 2 aromatic rings. The van der Waals surface area contributed by atoms with Gasteiger partial charge in [0, 0.05) is 32.0 Å². The highest BCUT2D eigenvalue weighted by molar-refractivity contribution is 5.47. The average Bonchev–Trinajstić information content (AvgIpc) is 2.62. The quantitative estimate of drug-likeness (QED) is 0.628. The molecule has 0 N–H and O–H groups in total. The van der Waals surface area contributed by atoms with E-state index in [1.165, 1.54) is 6.07 Å². The van der Waals surface area contributed by atoms with Crippen LogP contribution in [-0.4, -0.2) is 29.1 Å². The van der Waals surface area contributed by atoms with Crippen LogP contribution in [0.3, 0.4) is 0 Å². The maximum Gasteiger partial charge on any atom is 0.290 e. The Morgan fingerprint density at radius 1 is 1.24 bits per heavy atom. The lowest BCUT2D eigenvalue weighted by molar-refractivity contribution is -0.385. The van der Waals surface area contributed by atoms with Crippen LogP contribution in [0.25, 0.3) is 0 Å². The Morgan fingerprint density at radius 3 is 2.48 bits per heavy atom. The molecule has 7 heteroatoms. The summed E-state index contributed by atoms with van der Waals surface area (Å²) in [5.74, 6) is 1.53. The number of hydrogen-bond donors (Lipinski definition) is 0. The Hall–Kier alpha value is -3.14. The number of nitriles is 1. The van der Waals surface area contributed by atoms with Crippen molar-refractivity contribution in [3.8, 4) is 11.8 Å². The minimum Gasteiger partial charge on any atom is -0.490 e. The molecule has 7 nitrogen and oxygen atoms in total. The van der Waals surface area contributed by atoms with Crippen LogP contribution >= 0.6 is 0 Å². The van der Waals surface area contributed by atoms with E-state index in [1.807, 2.05) is 12.1 Å². The Bertz CT molecular complexity index is 806. The molecule has 128 valence electrons. The topological polar surface area (TPSA) is 92.3 Å². The van der Waals surface area contributed by atoms with Gasteiger partial charge in [-0.15, -0.1) is 0 Å². The van der Waals surface area contributed by atoms with Gasteiger partial charge in [-0.2, -0.15) is 5.26 Å². The van der Waals surface area contributed by atoms with Crippen LogP contribution < -0.4 is 9.64 Å². The summed E-state index contributed by atoms with van der Waals surface area (Å²) in [5, 5.41) is 19.7. The van der Waals surface area contributed by atoms with Crippen LogP contribution in [-0.2, 0) is 0 Å². The molecule has 2 heterocycles. The smallest absolute Gasteiger partial charge is 0.290 e. The van der Waals surface area contributed by atoms with E-state index >= 15 is 0 Å². The summed E-state index contributed by atoms with van der Waals surface area (Å²) in [4.78, 5) is 17.0. The highest BCUT2D eigenvalue weighted by Gasteiger charge is 2.23. The molecule has 0 atom stereocenters. The normalized spacial score (nSPS) is 14.8. The molecule has 0 unspecified atom stereocenters. The summed E-state index contributed by atoms with van der Waals surface area (Å²) in [6.07, 6.45) is 1.80. The Morgan fingerprint density at radius 2 is 1.92 bits per heavy atom. The van der Waals surface area contributed by atoms with Crippen molar-refractivity contribution in [2.45, 2.75) is 25.9 Å². The van der Waals surface area contributed by atoms with E-state index in [-0.39, 0.29) is 11.8 Å². The van der Waals surface area contributed by atoms with Gasteiger partial charge in [0.15, 0.2) is 0 Å². The first-order valence-electron chi connectivity index (χ1n) is 8.10. The fourth-order valence-electron chi connectivity index (χ4n) is 2.91. The summed E-state index contributed by atoms with van der Waals surface area (Å²) < 4.78 is 5.97. The molecule has 1 aromatic heterocycles. The third-order valence-electron chi connectivity index (χ3n) is 4.29. The van der Waals surface area contributed by atoms with Gasteiger partial charge in [-0.3, -0.25) is 10.1 Å².